The molecule has 1 N–H and O–H groups in total. The van der Waals surface area contributed by atoms with Crippen LogP contribution >= 0.6 is 0 Å². The van der Waals surface area contributed by atoms with Gasteiger partial charge in [0.05, 0.1) is 11.0 Å². The summed E-state index contributed by atoms with van der Waals surface area (Å²) in [6.45, 7) is 3.48. The van der Waals surface area contributed by atoms with Gasteiger partial charge >= 0.3 is 0 Å². The molecule has 1 aliphatic heterocycles. The molecule has 1 saturated heterocycles. The summed E-state index contributed by atoms with van der Waals surface area (Å²) in [5, 5.41) is 3.67. The van der Waals surface area contributed by atoms with Crippen LogP contribution in [-0.4, -0.2) is 35.2 Å². The van der Waals surface area contributed by atoms with E-state index in [9.17, 15) is 0 Å². The molecule has 1 saturated carbocycles. The molecular formula is C17H24N4. The topological polar surface area (TPSA) is 33.1 Å². The molecule has 0 unspecified atom stereocenters. The van der Waals surface area contributed by atoms with Crippen LogP contribution in [0.5, 0.6) is 0 Å². The summed E-state index contributed by atoms with van der Waals surface area (Å²) in [6, 6.07) is 9.24. The summed E-state index contributed by atoms with van der Waals surface area (Å²) in [5.74, 6) is 1.97. The van der Waals surface area contributed by atoms with Crippen LogP contribution < -0.4 is 10.2 Å². The predicted molar refractivity (Wildman–Crippen MR) is 86.7 cm³/mol. The number of para-hydroxylation sites is 2. The van der Waals surface area contributed by atoms with Crippen LogP contribution in [0.15, 0.2) is 24.3 Å². The van der Waals surface area contributed by atoms with Gasteiger partial charge in [0.15, 0.2) is 0 Å². The number of piperidine rings is 1. The molecule has 4 rings (SSSR count). The highest BCUT2D eigenvalue weighted by Gasteiger charge is 2.25. The van der Waals surface area contributed by atoms with Crippen molar-refractivity contribution in [2.75, 3.05) is 24.5 Å². The van der Waals surface area contributed by atoms with Gasteiger partial charge in [-0.3, -0.25) is 0 Å². The number of imidazole rings is 1. The molecule has 21 heavy (non-hydrogen) atoms. The highest BCUT2D eigenvalue weighted by atomic mass is 15.3. The lowest BCUT2D eigenvalue weighted by atomic mass is 9.97. The number of benzene rings is 1. The van der Waals surface area contributed by atoms with Crippen molar-refractivity contribution in [3.8, 4) is 0 Å². The Morgan fingerprint density at radius 3 is 2.62 bits per heavy atom. The molecule has 2 fully saturated rings. The van der Waals surface area contributed by atoms with Gasteiger partial charge in [0, 0.05) is 26.2 Å². The molecule has 1 aromatic heterocycles. The minimum Gasteiger partial charge on any atom is -0.342 e. The van der Waals surface area contributed by atoms with Crippen LogP contribution in [0, 0.1) is 5.92 Å². The Morgan fingerprint density at radius 2 is 1.90 bits per heavy atom. The molecular weight excluding hydrogens is 260 g/mol. The zero-order valence-electron chi connectivity index (χ0n) is 12.8. The zero-order valence-corrected chi connectivity index (χ0v) is 12.8. The van der Waals surface area contributed by atoms with E-state index in [2.05, 4.69) is 46.1 Å². The average Bonchev–Trinajstić information content (AvgIpc) is 3.30. The number of fused-ring (bicyclic) bond motifs is 1. The number of aromatic nitrogens is 2. The van der Waals surface area contributed by atoms with E-state index >= 15 is 0 Å². The molecule has 0 spiro atoms. The fraction of sp³-hybridized carbons (Fsp3) is 0.588. The van der Waals surface area contributed by atoms with E-state index in [1.807, 2.05) is 0 Å². The van der Waals surface area contributed by atoms with E-state index in [0.717, 1.165) is 36.5 Å². The Bertz CT molecular complexity index is 621. The van der Waals surface area contributed by atoms with E-state index in [-0.39, 0.29) is 0 Å². The molecule has 4 nitrogen and oxygen atoms in total. The molecule has 1 aliphatic carbocycles. The number of anilines is 1. The van der Waals surface area contributed by atoms with Crippen molar-refractivity contribution in [3.63, 3.8) is 0 Å². The number of aryl methyl sites for hydroxylation is 1. The van der Waals surface area contributed by atoms with Crippen molar-refractivity contribution in [2.45, 2.75) is 31.7 Å². The summed E-state index contributed by atoms with van der Waals surface area (Å²) >= 11 is 0. The van der Waals surface area contributed by atoms with Crippen LogP contribution in [0.4, 0.5) is 5.95 Å². The minimum absolute atomic E-state index is 0.836. The number of hydrogen-bond acceptors (Lipinski definition) is 3. The van der Waals surface area contributed by atoms with Crippen molar-refractivity contribution in [2.24, 2.45) is 13.0 Å². The molecule has 2 heterocycles. The van der Waals surface area contributed by atoms with E-state index < -0.39 is 0 Å². The first-order valence-corrected chi connectivity index (χ1v) is 8.21. The smallest absolute Gasteiger partial charge is 0.206 e. The van der Waals surface area contributed by atoms with Gasteiger partial charge < -0.3 is 14.8 Å². The van der Waals surface area contributed by atoms with Gasteiger partial charge in [0.2, 0.25) is 5.95 Å². The van der Waals surface area contributed by atoms with Crippen LogP contribution in [-0.2, 0) is 7.05 Å². The van der Waals surface area contributed by atoms with Crippen molar-refractivity contribution < 1.29 is 0 Å². The number of nitrogens with zero attached hydrogens (tertiary/aromatic N) is 3. The maximum Gasteiger partial charge on any atom is 0.206 e. The van der Waals surface area contributed by atoms with Crippen molar-refractivity contribution in [1.29, 1.82) is 0 Å². The third-order valence-corrected chi connectivity index (χ3v) is 4.93. The highest BCUT2D eigenvalue weighted by Crippen LogP contribution is 2.26. The second-order valence-electron chi connectivity index (χ2n) is 6.57. The Kier molecular flexibility index (Phi) is 3.34. The highest BCUT2D eigenvalue weighted by molar-refractivity contribution is 5.78. The molecule has 0 bridgehead atoms. The second-order valence-corrected chi connectivity index (χ2v) is 6.57. The van der Waals surface area contributed by atoms with E-state index in [0.29, 0.717) is 0 Å². The fourth-order valence-electron chi connectivity index (χ4n) is 3.37. The standard InChI is InChI=1S/C17H24N4/c1-20-16-5-3-2-4-15(16)19-17(20)21-10-8-13(9-11-21)12-18-14-6-7-14/h2-5,13-14,18H,6-12H2,1H3. The van der Waals surface area contributed by atoms with Gasteiger partial charge in [0.25, 0.3) is 0 Å². The van der Waals surface area contributed by atoms with Crippen LogP contribution in [0.25, 0.3) is 11.0 Å². The van der Waals surface area contributed by atoms with Crippen molar-refractivity contribution in [1.82, 2.24) is 14.9 Å². The Morgan fingerprint density at radius 1 is 1.14 bits per heavy atom. The maximum atomic E-state index is 4.82. The fourth-order valence-corrected chi connectivity index (χ4v) is 3.37. The number of nitrogens with one attached hydrogen (secondary N) is 1. The third kappa shape index (κ3) is 2.64. The molecule has 112 valence electrons. The van der Waals surface area contributed by atoms with Crippen LogP contribution in [0.3, 0.4) is 0 Å². The third-order valence-electron chi connectivity index (χ3n) is 4.93. The van der Waals surface area contributed by atoms with Gasteiger partial charge in [0.1, 0.15) is 0 Å². The predicted octanol–water partition coefficient (Wildman–Crippen LogP) is 2.54. The Hall–Kier alpha value is -1.55. The minimum atomic E-state index is 0.836. The Labute approximate surface area is 126 Å². The first-order valence-electron chi connectivity index (χ1n) is 8.21. The van der Waals surface area contributed by atoms with Crippen LogP contribution in [0.2, 0.25) is 0 Å². The molecule has 0 amide bonds. The molecule has 0 atom stereocenters. The van der Waals surface area contributed by atoms with Gasteiger partial charge in [-0.05, 0) is 50.3 Å². The largest absolute Gasteiger partial charge is 0.342 e. The monoisotopic (exact) mass is 284 g/mol. The quantitative estimate of drug-likeness (QED) is 0.936. The van der Waals surface area contributed by atoms with Gasteiger partial charge in [-0.25, -0.2) is 4.98 Å². The summed E-state index contributed by atoms with van der Waals surface area (Å²) in [7, 11) is 2.13. The first kappa shape index (κ1) is 13.1. The zero-order chi connectivity index (χ0) is 14.2. The molecule has 4 heteroatoms. The van der Waals surface area contributed by atoms with Gasteiger partial charge in [-0.1, -0.05) is 12.1 Å². The molecule has 0 radical (unpaired) electrons. The lowest BCUT2D eigenvalue weighted by Gasteiger charge is -2.32. The van der Waals surface area contributed by atoms with Gasteiger partial charge in [-0.2, -0.15) is 0 Å². The van der Waals surface area contributed by atoms with Crippen molar-refractivity contribution in [3.05, 3.63) is 24.3 Å². The summed E-state index contributed by atoms with van der Waals surface area (Å²) in [5.41, 5.74) is 2.33. The summed E-state index contributed by atoms with van der Waals surface area (Å²) < 4.78 is 2.23. The lowest BCUT2D eigenvalue weighted by Crippen LogP contribution is -2.38. The first-order chi connectivity index (χ1) is 10.3. The van der Waals surface area contributed by atoms with Gasteiger partial charge in [-0.15, -0.1) is 0 Å². The Balaban J connectivity index is 1.43. The molecule has 2 aromatic rings. The van der Waals surface area contributed by atoms with E-state index in [1.54, 1.807) is 0 Å². The van der Waals surface area contributed by atoms with Crippen molar-refractivity contribution >= 4 is 17.0 Å². The summed E-state index contributed by atoms with van der Waals surface area (Å²) in [4.78, 5) is 7.27. The summed E-state index contributed by atoms with van der Waals surface area (Å²) in [6.07, 6.45) is 5.34. The van der Waals surface area contributed by atoms with E-state index in [1.165, 1.54) is 37.7 Å². The molecule has 1 aromatic carbocycles. The molecule has 2 aliphatic rings. The number of hydrogen-bond donors (Lipinski definition) is 1. The maximum absolute atomic E-state index is 4.82. The lowest BCUT2D eigenvalue weighted by molar-refractivity contribution is 0.378. The average molecular weight is 284 g/mol. The normalized spacial score (nSPS) is 20.3. The van der Waals surface area contributed by atoms with E-state index in [4.69, 9.17) is 4.98 Å². The second kappa shape index (κ2) is 5.34. The number of rotatable bonds is 4. The van der Waals surface area contributed by atoms with Crippen LogP contribution in [0.1, 0.15) is 25.7 Å². The SMILES string of the molecule is Cn1c(N2CCC(CNC3CC3)CC2)nc2ccccc21.